The van der Waals surface area contributed by atoms with Crippen LogP contribution >= 0.6 is 0 Å². The van der Waals surface area contributed by atoms with Gasteiger partial charge in [0, 0.05) is 28.7 Å². The smallest absolute Gasteiger partial charge is 0.322 e. The maximum Gasteiger partial charge on any atom is 0.322 e. The molecule has 1 aromatic heterocycles. The number of nitrogens with one attached hydrogen (secondary N) is 1. The number of aryl methyl sites for hydroxylation is 2. The summed E-state index contributed by atoms with van der Waals surface area (Å²) in [4.78, 5) is 20.9. The Labute approximate surface area is 151 Å². The third-order valence-electron chi connectivity index (χ3n) is 3.62. The molecular weight excluding hydrogens is 330 g/mol. The average molecular weight is 349 g/mol. The van der Waals surface area contributed by atoms with E-state index in [0.29, 0.717) is 22.7 Å². The quantitative estimate of drug-likeness (QED) is 0.749. The highest BCUT2D eigenvalue weighted by atomic mass is 16.5. The molecule has 1 heterocycles. The largest absolute Gasteiger partial charge is 0.497 e. The van der Waals surface area contributed by atoms with Gasteiger partial charge in [-0.25, -0.2) is 9.97 Å². The van der Waals surface area contributed by atoms with Crippen molar-refractivity contribution >= 4 is 11.6 Å². The van der Waals surface area contributed by atoms with Gasteiger partial charge in [-0.05, 0) is 56.3 Å². The lowest BCUT2D eigenvalue weighted by molar-refractivity contribution is 0.102. The second kappa shape index (κ2) is 7.65. The highest BCUT2D eigenvalue weighted by Gasteiger charge is 2.08. The number of rotatable bonds is 5. The minimum atomic E-state index is -0.215. The molecule has 0 saturated carbocycles. The first-order chi connectivity index (χ1) is 12.5. The first kappa shape index (κ1) is 17.4. The third kappa shape index (κ3) is 4.36. The molecule has 0 atom stereocenters. The van der Waals surface area contributed by atoms with Crippen molar-refractivity contribution in [3.63, 3.8) is 0 Å². The van der Waals surface area contributed by atoms with Crippen molar-refractivity contribution in [2.45, 2.75) is 13.8 Å². The third-order valence-corrected chi connectivity index (χ3v) is 3.62. The van der Waals surface area contributed by atoms with Crippen LogP contribution in [0.5, 0.6) is 17.5 Å². The van der Waals surface area contributed by atoms with Crippen LogP contribution in [0, 0.1) is 13.8 Å². The molecule has 0 fully saturated rings. The zero-order valence-electron chi connectivity index (χ0n) is 14.8. The molecule has 0 unspecified atom stereocenters. The van der Waals surface area contributed by atoms with Crippen molar-refractivity contribution in [2.75, 3.05) is 12.4 Å². The Bertz CT molecular complexity index is 904. The summed E-state index contributed by atoms with van der Waals surface area (Å²) >= 11 is 0. The molecule has 0 aliphatic carbocycles. The molecule has 0 aliphatic rings. The monoisotopic (exact) mass is 349 g/mol. The van der Waals surface area contributed by atoms with Gasteiger partial charge in [0.15, 0.2) is 0 Å². The minimum absolute atomic E-state index is 0.215. The Hall–Kier alpha value is -3.41. The van der Waals surface area contributed by atoms with Gasteiger partial charge in [-0.2, -0.15) is 0 Å². The van der Waals surface area contributed by atoms with Gasteiger partial charge in [-0.15, -0.1) is 0 Å². The summed E-state index contributed by atoms with van der Waals surface area (Å²) in [5, 5.41) is 2.84. The van der Waals surface area contributed by atoms with Crippen LogP contribution < -0.4 is 14.8 Å². The van der Waals surface area contributed by atoms with E-state index in [1.165, 1.54) is 0 Å². The van der Waals surface area contributed by atoms with E-state index in [4.69, 9.17) is 9.47 Å². The zero-order valence-corrected chi connectivity index (χ0v) is 14.8. The van der Waals surface area contributed by atoms with Crippen LogP contribution in [0.4, 0.5) is 5.69 Å². The number of benzene rings is 2. The molecule has 6 nitrogen and oxygen atoms in total. The fraction of sp³-hybridized carbons (Fsp3) is 0.150. The van der Waals surface area contributed by atoms with E-state index >= 15 is 0 Å². The van der Waals surface area contributed by atoms with Crippen LogP contribution in [0.1, 0.15) is 21.7 Å². The minimum Gasteiger partial charge on any atom is -0.497 e. The molecule has 6 heteroatoms. The predicted molar refractivity (Wildman–Crippen MR) is 99.0 cm³/mol. The maximum absolute atomic E-state index is 12.4. The van der Waals surface area contributed by atoms with E-state index in [9.17, 15) is 4.79 Å². The van der Waals surface area contributed by atoms with E-state index in [0.717, 1.165) is 11.4 Å². The first-order valence-electron chi connectivity index (χ1n) is 8.09. The lowest BCUT2D eigenvalue weighted by Crippen LogP contribution is -2.11. The van der Waals surface area contributed by atoms with E-state index in [1.807, 2.05) is 19.9 Å². The van der Waals surface area contributed by atoms with Gasteiger partial charge in [0.1, 0.15) is 11.5 Å². The Morgan fingerprint density at radius 3 is 2.27 bits per heavy atom. The highest BCUT2D eigenvalue weighted by Crippen LogP contribution is 2.23. The van der Waals surface area contributed by atoms with Gasteiger partial charge in [-0.3, -0.25) is 4.79 Å². The average Bonchev–Trinajstić information content (AvgIpc) is 2.61. The zero-order chi connectivity index (χ0) is 18.5. The Balaban J connectivity index is 1.73. The molecule has 2 aromatic carbocycles. The molecule has 0 spiro atoms. The Morgan fingerprint density at radius 2 is 1.62 bits per heavy atom. The molecule has 3 rings (SSSR count). The number of aromatic nitrogens is 2. The lowest BCUT2D eigenvalue weighted by Gasteiger charge is -2.09. The van der Waals surface area contributed by atoms with Gasteiger partial charge < -0.3 is 14.8 Å². The number of ether oxygens (including phenoxy) is 2. The highest BCUT2D eigenvalue weighted by molar-refractivity contribution is 6.04. The number of hydrogen-bond donors (Lipinski definition) is 1. The molecule has 0 saturated heterocycles. The van der Waals surface area contributed by atoms with E-state index < -0.39 is 0 Å². The summed E-state index contributed by atoms with van der Waals surface area (Å²) in [5.74, 6) is 1.03. The summed E-state index contributed by atoms with van der Waals surface area (Å²) in [6.45, 7) is 3.76. The second-order valence-electron chi connectivity index (χ2n) is 5.75. The van der Waals surface area contributed by atoms with Gasteiger partial charge in [-0.1, -0.05) is 6.07 Å². The van der Waals surface area contributed by atoms with Crippen LogP contribution in [0.25, 0.3) is 0 Å². The number of amides is 1. The molecule has 0 bridgehead atoms. The molecule has 0 radical (unpaired) electrons. The summed E-state index contributed by atoms with van der Waals surface area (Å²) in [5.41, 5.74) is 2.82. The fourth-order valence-corrected chi connectivity index (χ4v) is 2.43. The summed E-state index contributed by atoms with van der Waals surface area (Å²) in [6.07, 6.45) is 0. The molecule has 132 valence electrons. The van der Waals surface area contributed by atoms with E-state index in [1.54, 1.807) is 55.6 Å². The predicted octanol–water partition coefficient (Wildman–Crippen LogP) is 4.15. The van der Waals surface area contributed by atoms with Crippen molar-refractivity contribution < 1.29 is 14.3 Å². The Kier molecular flexibility index (Phi) is 5.12. The van der Waals surface area contributed by atoms with Crippen LogP contribution in [0.3, 0.4) is 0 Å². The number of anilines is 1. The summed E-state index contributed by atoms with van der Waals surface area (Å²) in [6, 6.07) is 16.1. The van der Waals surface area contributed by atoms with Crippen molar-refractivity contribution in [1.82, 2.24) is 9.97 Å². The lowest BCUT2D eigenvalue weighted by atomic mass is 10.2. The number of carbonyl (C=O) groups is 1. The second-order valence-corrected chi connectivity index (χ2v) is 5.75. The fourth-order valence-electron chi connectivity index (χ4n) is 2.43. The van der Waals surface area contributed by atoms with Gasteiger partial charge >= 0.3 is 6.01 Å². The van der Waals surface area contributed by atoms with Gasteiger partial charge in [0.05, 0.1) is 7.11 Å². The molecule has 3 aromatic rings. The maximum atomic E-state index is 12.4. The van der Waals surface area contributed by atoms with Crippen LogP contribution in [-0.2, 0) is 0 Å². The van der Waals surface area contributed by atoms with E-state index in [2.05, 4.69) is 15.3 Å². The summed E-state index contributed by atoms with van der Waals surface area (Å²) in [7, 11) is 1.58. The number of methoxy groups -OCH3 is 1. The van der Waals surface area contributed by atoms with Gasteiger partial charge in [0.2, 0.25) is 0 Å². The normalized spacial score (nSPS) is 10.3. The Morgan fingerprint density at radius 1 is 0.923 bits per heavy atom. The molecule has 0 aliphatic heterocycles. The van der Waals surface area contributed by atoms with E-state index in [-0.39, 0.29) is 11.9 Å². The number of carbonyl (C=O) groups excluding carboxylic acids is 1. The standard InChI is InChI=1S/C20H19N3O3/c1-13-11-14(2)22-20(21-13)26-18-6-4-5-16(12-18)23-19(24)15-7-9-17(25-3)10-8-15/h4-12H,1-3H3,(H,23,24). The van der Waals surface area contributed by atoms with Crippen molar-refractivity contribution in [3.8, 4) is 17.5 Å². The number of nitrogens with zero attached hydrogens (tertiary/aromatic N) is 2. The molecule has 1 N–H and O–H groups in total. The van der Waals surface area contributed by atoms with Crippen LogP contribution in [0.15, 0.2) is 54.6 Å². The molecule has 26 heavy (non-hydrogen) atoms. The van der Waals surface area contributed by atoms with Crippen LogP contribution in [0.2, 0.25) is 0 Å². The topological polar surface area (TPSA) is 73.3 Å². The molecule has 1 amide bonds. The molecular formula is C20H19N3O3. The first-order valence-corrected chi connectivity index (χ1v) is 8.09. The van der Waals surface area contributed by atoms with Gasteiger partial charge in [0.25, 0.3) is 5.91 Å². The van der Waals surface area contributed by atoms with Crippen molar-refractivity contribution in [1.29, 1.82) is 0 Å². The van der Waals surface area contributed by atoms with Crippen molar-refractivity contribution in [2.24, 2.45) is 0 Å². The van der Waals surface area contributed by atoms with Crippen LogP contribution in [-0.4, -0.2) is 23.0 Å². The SMILES string of the molecule is COc1ccc(C(=O)Nc2cccc(Oc3nc(C)cc(C)n3)c2)cc1. The number of hydrogen-bond acceptors (Lipinski definition) is 5. The summed E-state index contributed by atoms with van der Waals surface area (Å²) < 4.78 is 10.8. The van der Waals surface area contributed by atoms with Crippen molar-refractivity contribution in [3.05, 3.63) is 71.5 Å².